The highest BCUT2D eigenvalue weighted by Crippen LogP contribution is 2.10. The van der Waals surface area contributed by atoms with Gasteiger partial charge >= 0.3 is 6.03 Å². The van der Waals surface area contributed by atoms with Crippen LogP contribution >= 0.6 is 13.5 Å². The van der Waals surface area contributed by atoms with Crippen molar-refractivity contribution >= 4 is 19.5 Å². The van der Waals surface area contributed by atoms with E-state index in [2.05, 4.69) is 17.6 Å². The van der Waals surface area contributed by atoms with Gasteiger partial charge in [-0.3, -0.25) is 0 Å². The van der Waals surface area contributed by atoms with Crippen molar-refractivity contribution in [2.45, 2.75) is 71.3 Å². The van der Waals surface area contributed by atoms with Crippen LogP contribution in [-0.2, 0) is 0 Å². The van der Waals surface area contributed by atoms with E-state index in [0.29, 0.717) is 0 Å². The molecule has 0 aromatic heterocycles. The normalized spacial score (nSPS) is 11.4. The molecule has 0 saturated carbocycles. The van der Waals surface area contributed by atoms with Gasteiger partial charge in [0.05, 0.1) is 6.04 Å². The molecular formula is C19H34N2OS. The quantitative estimate of drug-likeness (QED) is 0.528. The Morgan fingerprint density at radius 3 is 2.13 bits per heavy atom. The first-order valence-corrected chi connectivity index (χ1v) is 8.83. The van der Waals surface area contributed by atoms with Crippen LogP contribution in [0.5, 0.6) is 0 Å². The Bertz CT molecular complexity index is 398. The van der Waals surface area contributed by atoms with Crippen LogP contribution in [0.1, 0.15) is 76.8 Å². The van der Waals surface area contributed by atoms with Crippen LogP contribution in [0.25, 0.3) is 0 Å². The molecule has 0 bridgehead atoms. The predicted molar refractivity (Wildman–Crippen MR) is 104 cm³/mol. The van der Waals surface area contributed by atoms with Crippen LogP contribution in [0.2, 0.25) is 0 Å². The van der Waals surface area contributed by atoms with E-state index < -0.39 is 0 Å². The summed E-state index contributed by atoms with van der Waals surface area (Å²) in [6.07, 6.45) is 10.3. The van der Waals surface area contributed by atoms with Crippen LogP contribution < -0.4 is 10.6 Å². The lowest BCUT2D eigenvalue weighted by Gasteiger charge is -2.15. The van der Waals surface area contributed by atoms with Gasteiger partial charge in [-0.2, -0.15) is 13.5 Å². The summed E-state index contributed by atoms with van der Waals surface area (Å²) in [5.74, 6) is 0. The Labute approximate surface area is 149 Å². The van der Waals surface area contributed by atoms with Gasteiger partial charge in [-0.1, -0.05) is 82.2 Å². The molecule has 0 saturated heterocycles. The molecule has 0 aliphatic rings. The van der Waals surface area contributed by atoms with Gasteiger partial charge in [-0.25, -0.2) is 4.79 Å². The Kier molecular flexibility index (Phi) is 13.7. The molecule has 0 aliphatic heterocycles. The molecular weight excluding hydrogens is 304 g/mol. The Hall–Kier alpha value is -1.16. The standard InChI is InChI=1S/C19H32N2O.H2S/c1-3-4-5-6-7-8-9-13-16-20-19(22)21-17(2)18-14-11-10-12-15-18;/h10-12,14-15,17H,3-9,13,16H2,1-2H3,(H2,20,21,22);1H2/t17-;/m0./s1. The summed E-state index contributed by atoms with van der Waals surface area (Å²) in [4.78, 5) is 11.8. The van der Waals surface area contributed by atoms with E-state index >= 15 is 0 Å². The maximum Gasteiger partial charge on any atom is 0.315 e. The molecule has 0 radical (unpaired) electrons. The van der Waals surface area contributed by atoms with Gasteiger partial charge < -0.3 is 10.6 Å². The number of urea groups is 1. The van der Waals surface area contributed by atoms with Crippen LogP contribution in [0.3, 0.4) is 0 Å². The molecule has 2 amide bonds. The molecule has 23 heavy (non-hydrogen) atoms. The summed E-state index contributed by atoms with van der Waals surface area (Å²) in [5.41, 5.74) is 1.13. The molecule has 1 aromatic carbocycles. The van der Waals surface area contributed by atoms with Crippen molar-refractivity contribution < 1.29 is 4.79 Å². The molecule has 0 fully saturated rings. The maximum atomic E-state index is 11.8. The van der Waals surface area contributed by atoms with Gasteiger partial charge in [0.15, 0.2) is 0 Å². The molecule has 0 unspecified atom stereocenters. The second-order valence-corrected chi connectivity index (χ2v) is 6.01. The van der Waals surface area contributed by atoms with Gasteiger partial charge in [-0.05, 0) is 18.9 Å². The highest BCUT2D eigenvalue weighted by Gasteiger charge is 2.07. The van der Waals surface area contributed by atoms with Crippen molar-refractivity contribution in [3.05, 3.63) is 35.9 Å². The number of hydrogen-bond acceptors (Lipinski definition) is 1. The first kappa shape index (κ1) is 21.8. The van der Waals surface area contributed by atoms with E-state index in [0.717, 1.165) is 18.5 Å². The predicted octanol–water partition coefficient (Wildman–Crippen LogP) is 5.30. The van der Waals surface area contributed by atoms with Gasteiger partial charge in [0.1, 0.15) is 0 Å². The van der Waals surface area contributed by atoms with Gasteiger partial charge in [0.2, 0.25) is 0 Å². The monoisotopic (exact) mass is 338 g/mol. The lowest BCUT2D eigenvalue weighted by atomic mass is 10.1. The molecule has 2 N–H and O–H groups in total. The molecule has 1 atom stereocenters. The number of nitrogens with one attached hydrogen (secondary N) is 2. The first-order chi connectivity index (χ1) is 10.7. The van der Waals surface area contributed by atoms with Crippen LogP contribution in [0.15, 0.2) is 30.3 Å². The minimum Gasteiger partial charge on any atom is -0.338 e. The smallest absolute Gasteiger partial charge is 0.315 e. The highest BCUT2D eigenvalue weighted by molar-refractivity contribution is 7.59. The fraction of sp³-hybridized carbons (Fsp3) is 0.632. The number of unbranched alkanes of at least 4 members (excludes halogenated alkanes) is 7. The Morgan fingerprint density at radius 2 is 1.52 bits per heavy atom. The lowest BCUT2D eigenvalue weighted by molar-refractivity contribution is 0.237. The van der Waals surface area contributed by atoms with Gasteiger partial charge in [0, 0.05) is 6.54 Å². The van der Waals surface area contributed by atoms with E-state index in [1.165, 1.54) is 44.9 Å². The summed E-state index contributed by atoms with van der Waals surface area (Å²) in [6.45, 7) is 5.02. The summed E-state index contributed by atoms with van der Waals surface area (Å²) < 4.78 is 0. The largest absolute Gasteiger partial charge is 0.338 e. The van der Waals surface area contributed by atoms with Crippen molar-refractivity contribution in [3.8, 4) is 0 Å². The second-order valence-electron chi connectivity index (χ2n) is 6.01. The number of carbonyl (C=O) groups excluding carboxylic acids is 1. The number of rotatable bonds is 11. The molecule has 0 spiro atoms. The first-order valence-electron chi connectivity index (χ1n) is 8.83. The SMILES string of the molecule is CCCCCCCCCCNC(=O)N[C@@H](C)c1ccccc1.S. The molecule has 4 heteroatoms. The topological polar surface area (TPSA) is 41.1 Å². The summed E-state index contributed by atoms with van der Waals surface area (Å²) >= 11 is 0. The number of hydrogen-bond donors (Lipinski definition) is 2. The number of benzene rings is 1. The molecule has 0 heterocycles. The second kappa shape index (κ2) is 14.4. The average molecular weight is 339 g/mol. The maximum absolute atomic E-state index is 11.8. The fourth-order valence-corrected chi connectivity index (χ4v) is 2.53. The van der Waals surface area contributed by atoms with Crippen molar-refractivity contribution in [1.29, 1.82) is 0 Å². The van der Waals surface area contributed by atoms with E-state index in [1.54, 1.807) is 0 Å². The van der Waals surface area contributed by atoms with Gasteiger partial charge in [-0.15, -0.1) is 0 Å². The molecule has 1 rings (SSSR count). The number of carbonyl (C=O) groups is 1. The summed E-state index contributed by atoms with van der Waals surface area (Å²) in [5, 5.41) is 5.92. The zero-order valence-corrected chi connectivity index (χ0v) is 15.7. The highest BCUT2D eigenvalue weighted by atomic mass is 32.1. The van der Waals surface area contributed by atoms with E-state index in [4.69, 9.17) is 0 Å². The van der Waals surface area contributed by atoms with Crippen molar-refractivity contribution in [1.82, 2.24) is 10.6 Å². The molecule has 0 aliphatic carbocycles. The zero-order valence-electron chi connectivity index (χ0n) is 14.7. The molecule has 1 aromatic rings. The lowest BCUT2D eigenvalue weighted by Crippen LogP contribution is -2.37. The zero-order chi connectivity index (χ0) is 16.0. The Morgan fingerprint density at radius 1 is 0.957 bits per heavy atom. The van der Waals surface area contributed by atoms with Gasteiger partial charge in [0.25, 0.3) is 0 Å². The molecule has 3 nitrogen and oxygen atoms in total. The van der Waals surface area contributed by atoms with Crippen LogP contribution in [-0.4, -0.2) is 12.6 Å². The molecule has 132 valence electrons. The van der Waals surface area contributed by atoms with Crippen LogP contribution in [0.4, 0.5) is 4.79 Å². The van der Waals surface area contributed by atoms with Crippen molar-refractivity contribution in [2.75, 3.05) is 6.54 Å². The van der Waals surface area contributed by atoms with E-state index in [9.17, 15) is 4.79 Å². The Balaban J connectivity index is 0.00000484. The minimum absolute atomic E-state index is 0. The fourth-order valence-electron chi connectivity index (χ4n) is 2.53. The summed E-state index contributed by atoms with van der Waals surface area (Å²) in [6, 6.07) is 10.0. The van der Waals surface area contributed by atoms with Crippen molar-refractivity contribution in [2.24, 2.45) is 0 Å². The third-order valence-electron chi connectivity index (χ3n) is 3.96. The van der Waals surface area contributed by atoms with Crippen molar-refractivity contribution in [3.63, 3.8) is 0 Å². The third kappa shape index (κ3) is 11.1. The van der Waals surface area contributed by atoms with Crippen LogP contribution in [0, 0.1) is 0 Å². The minimum atomic E-state index is -0.0701. The van der Waals surface area contributed by atoms with E-state index in [1.807, 2.05) is 37.3 Å². The number of amides is 2. The summed E-state index contributed by atoms with van der Waals surface area (Å²) in [7, 11) is 0. The van der Waals surface area contributed by atoms with E-state index in [-0.39, 0.29) is 25.6 Å². The third-order valence-corrected chi connectivity index (χ3v) is 3.96. The average Bonchev–Trinajstić information content (AvgIpc) is 2.54.